The first-order chi connectivity index (χ1) is 11.2. The van der Waals surface area contributed by atoms with Gasteiger partial charge in [0.1, 0.15) is 12.3 Å². The van der Waals surface area contributed by atoms with Crippen LogP contribution in [0, 0.1) is 0 Å². The third kappa shape index (κ3) is 3.37. The van der Waals surface area contributed by atoms with Gasteiger partial charge in [0.25, 0.3) is 0 Å². The summed E-state index contributed by atoms with van der Waals surface area (Å²) in [5, 5.41) is 3.99. The van der Waals surface area contributed by atoms with Crippen LogP contribution in [0.4, 0.5) is 5.69 Å². The van der Waals surface area contributed by atoms with Crippen LogP contribution in [0.25, 0.3) is 10.9 Å². The first-order valence-electron chi connectivity index (χ1n) is 7.71. The van der Waals surface area contributed by atoms with Gasteiger partial charge in [0, 0.05) is 22.8 Å². The summed E-state index contributed by atoms with van der Waals surface area (Å²) in [6.45, 7) is 2.39. The Balaban J connectivity index is 1.72. The van der Waals surface area contributed by atoms with Gasteiger partial charge in [0.15, 0.2) is 0 Å². The fourth-order valence-corrected chi connectivity index (χ4v) is 2.62. The molecule has 118 valence electrons. The van der Waals surface area contributed by atoms with Gasteiger partial charge in [0.2, 0.25) is 5.91 Å². The molecule has 3 rings (SSSR count). The number of anilines is 1. The first-order valence-corrected chi connectivity index (χ1v) is 7.71. The number of fused-ring (bicyclic) bond motifs is 1. The first kappa shape index (κ1) is 15.2. The molecule has 23 heavy (non-hydrogen) atoms. The number of hydrogen-bond donors (Lipinski definition) is 1. The Morgan fingerprint density at radius 1 is 1.13 bits per heavy atom. The molecule has 3 aromatic rings. The summed E-state index contributed by atoms with van der Waals surface area (Å²) in [4.78, 5) is 12.2. The summed E-state index contributed by atoms with van der Waals surface area (Å²) in [6.07, 6.45) is 2.91. The maximum atomic E-state index is 12.2. The molecule has 0 aliphatic rings. The van der Waals surface area contributed by atoms with E-state index in [9.17, 15) is 4.79 Å². The van der Waals surface area contributed by atoms with Gasteiger partial charge >= 0.3 is 0 Å². The molecule has 1 N–H and O–H groups in total. The molecular weight excluding hydrogens is 288 g/mol. The van der Waals surface area contributed by atoms with Crippen LogP contribution < -0.4 is 10.1 Å². The standard InChI is InChI=1S/C19H20N2O2/c1-3-14-4-6-16(7-5-14)20-19(22)13-21-11-10-15-12-17(23-2)8-9-18(15)21/h4-12H,3,13H2,1-2H3,(H,20,22). The van der Waals surface area contributed by atoms with Crippen molar-refractivity contribution >= 4 is 22.5 Å². The number of carbonyl (C=O) groups excluding carboxylic acids is 1. The van der Waals surface area contributed by atoms with Gasteiger partial charge in [-0.15, -0.1) is 0 Å². The molecule has 0 unspecified atom stereocenters. The predicted octanol–water partition coefficient (Wildman–Crippen LogP) is 3.85. The quantitative estimate of drug-likeness (QED) is 0.778. The molecule has 4 heteroatoms. The fourth-order valence-electron chi connectivity index (χ4n) is 2.62. The van der Waals surface area contributed by atoms with Gasteiger partial charge in [-0.2, -0.15) is 0 Å². The summed E-state index contributed by atoms with van der Waals surface area (Å²) in [7, 11) is 1.65. The molecule has 0 saturated heterocycles. The number of aromatic nitrogens is 1. The van der Waals surface area contributed by atoms with Crippen molar-refractivity contribution in [1.82, 2.24) is 4.57 Å². The lowest BCUT2D eigenvalue weighted by Gasteiger charge is -2.08. The van der Waals surface area contributed by atoms with Crippen molar-refractivity contribution in [3.8, 4) is 5.75 Å². The zero-order valence-electron chi connectivity index (χ0n) is 13.4. The van der Waals surface area contributed by atoms with Gasteiger partial charge in [-0.1, -0.05) is 19.1 Å². The van der Waals surface area contributed by atoms with Crippen molar-refractivity contribution in [2.75, 3.05) is 12.4 Å². The van der Waals surface area contributed by atoms with Crippen molar-refractivity contribution in [2.24, 2.45) is 0 Å². The number of nitrogens with zero attached hydrogens (tertiary/aromatic N) is 1. The molecule has 1 amide bonds. The highest BCUT2D eigenvalue weighted by Gasteiger charge is 2.07. The van der Waals surface area contributed by atoms with E-state index in [4.69, 9.17) is 4.74 Å². The second-order valence-corrected chi connectivity index (χ2v) is 5.47. The highest BCUT2D eigenvalue weighted by atomic mass is 16.5. The van der Waals surface area contributed by atoms with Gasteiger partial charge in [0.05, 0.1) is 7.11 Å². The number of carbonyl (C=O) groups is 1. The normalized spacial score (nSPS) is 10.7. The maximum absolute atomic E-state index is 12.2. The molecule has 0 bridgehead atoms. The molecule has 0 saturated carbocycles. The number of rotatable bonds is 5. The van der Waals surface area contributed by atoms with Crippen LogP contribution in [0.3, 0.4) is 0 Å². The van der Waals surface area contributed by atoms with E-state index >= 15 is 0 Å². The third-order valence-corrected chi connectivity index (χ3v) is 3.94. The minimum Gasteiger partial charge on any atom is -0.497 e. The van der Waals surface area contributed by atoms with E-state index in [1.807, 2.05) is 59.3 Å². The number of aryl methyl sites for hydroxylation is 1. The van der Waals surface area contributed by atoms with E-state index in [0.717, 1.165) is 28.8 Å². The molecule has 2 aromatic carbocycles. The number of hydrogen-bond acceptors (Lipinski definition) is 2. The van der Waals surface area contributed by atoms with Gasteiger partial charge in [-0.25, -0.2) is 0 Å². The molecule has 1 heterocycles. The lowest BCUT2D eigenvalue weighted by atomic mass is 10.1. The molecule has 0 radical (unpaired) electrons. The highest BCUT2D eigenvalue weighted by molar-refractivity contribution is 5.92. The Morgan fingerprint density at radius 3 is 2.61 bits per heavy atom. The Bertz CT molecular complexity index is 819. The van der Waals surface area contributed by atoms with Gasteiger partial charge < -0.3 is 14.6 Å². The Labute approximate surface area is 135 Å². The highest BCUT2D eigenvalue weighted by Crippen LogP contribution is 2.22. The number of ether oxygens (including phenoxy) is 1. The minimum atomic E-state index is -0.0393. The van der Waals surface area contributed by atoms with Crippen LogP contribution in [0.5, 0.6) is 5.75 Å². The Kier molecular flexibility index (Phi) is 4.33. The molecule has 1 aromatic heterocycles. The van der Waals surface area contributed by atoms with Crippen LogP contribution in [0.1, 0.15) is 12.5 Å². The third-order valence-electron chi connectivity index (χ3n) is 3.94. The number of methoxy groups -OCH3 is 1. The van der Waals surface area contributed by atoms with Crippen molar-refractivity contribution in [2.45, 2.75) is 19.9 Å². The zero-order chi connectivity index (χ0) is 16.2. The van der Waals surface area contributed by atoms with Crippen LogP contribution in [-0.4, -0.2) is 17.6 Å². The lowest BCUT2D eigenvalue weighted by molar-refractivity contribution is -0.116. The average molecular weight is 308 g/mol. The minimum absolute atomic E-state index is 0.0393. The van der Waals surface area contributed by atoms with Crippen molar-refractivity contribution in [3.05, 3.63) is 60.3 Å². The Hall–Kier alpha value is -2.75. The van der Waals surface area contributed by atoms with Crippen LogP contribution in [0.15, 0.2) is 54.7 Å². The molecule has 0 spiro atoms. The van der Waals surface area contributed by atoms with E-state index in [-0.39, 0.29) is 12.5 Å². The summed E-state index contributed by atoms with van der Waals surface area (Å²) in [5.74, 6) is 0.776. The smallest absolute Gasteiger partial charge is 0.244 e. The average Bonchev–Trinajstić information content (AvgIpc) is 2.97. The summed E-state index contributed by atoms with van der Waals surface area (Å²) < 4.78 is 7.16. The van der Waals surface area contributed by atoms with Crippen molar-refractivity contribution in [3.63, 3.8) is 0 Å². The van der Waals surface area contributed by atoms with E-state index in [0.29, 0.717) is 0 Å². The predicted molar refractivity (Wildman–Crippen MR) is 92.9 cm³/mol. The second kappa shape index (κ2) is 6.57. The van der Waals surface area contributed by atoms with Crippen LogP contribution in [-0.2, 0) is 17.8 Å². The lowest BCUT2D eigenvalue weighted by Crippen LogP contribution is -2.18. The number of benzene rings is 2. The van der Waals surface area contributed by atoms with E-state index in [1.54, 1.807) is 7.11 Å². The topological polar surface area (TPSA) is 43.3 Å². The molecule has 0 atom stereocenters. The zero-order valence-corrected chi connectivity index (χ0v) is 13.4. The molecular formula is C19H20N2O2. The molecule has 0 aliphatic heterocycles. The number of amides is 1. The summed E-state index contributed by atoms with van der Waals surface area (Å²) >= 11 is 0. The van der Waals surface area contributed by atoms with E-state index in [2.05, 4.69) is 12.2 Å². The number of nitrogens with one attached hydrogen (secondary N) is 1. The summed E-state index contributed by atoms with van der Waals surface area (Å²) in [5.41, 5.74) is 3.10. The molecule has 0 fully saturated rings. The van der Waals surface area contributed by atoms with Crippen LogP contribution in [0.2, 0.25) is 0 Å². The summed E-state index contributed by atoms with van der Waals surface area (Å²) in [6, 6.07) is 15.8. The Morgan fingerprint density at radius 2 is 1.91 bits per heavy atom. The monoisotopic (exact) mass is 308 g/mol. The van der Waals surface area contributed by atoms with Crippen molar-refractivity contribution in [1.29, 1.82) is 0 Å². The molecule has 0 aliphatic carbocycles. The SMILES string of the molecule is CCc1ccc(NC(=O)Cn2ccc3cc(OC)ccc32)cc1. The maximum Gasteiger partial charge on any atom is 0.244 e. The fraction of sp³-hybridized carbons (Fsp3) is 0.211. The second-order valence-electron chi connectivity index (χ2n) is 5.47. The van der Waals surface area contributed by atoms with E-state index in [1.165, 1.54) is 5.56 Å². The largest absolute Gasteiger partial charge is 0.497 e. The van der Waals surface area contributed by atoms with Gasteiger partial charge in [-0.05, 0) is 48.4 Å². The van der Waals surface area contributed by atoms with Gasteiger partial charge in [-0.3, -0.25) is 4.79 Å². The van der Waals surface area contributed by atoms with Crippen molar-refractivity contribution < 1.29 is 9.53 Å². The van der Waals surface area contributed by atoms with Crippen LogP contribution >= 0.6 is 0 Å². The molecule has 4 nitrogen and oxygen atoms in total. The van der Waals surface area contributed by atoms with E-state index < -0.39 is 0 Å².